The first kappa shape index (κ1) is 14.0. The van der Waals surface area contributed by atoms with Crippen LogP contribution in [0.1, 0.15) is 12.5 Å². The first-order chi connectivity index (χ1) is 9.11. The summed E-state index contributed by atoms with van der Waals surface area (Å²) in [6.45, 7) is 4.09. The third-order valence-electron chi connectivity index (χ3n) is 3.53. The minimum atomic E-state index is -0.429. The smallest absolute Gasteiger partial charge is 0.242 e. The van der Waals surface area contributed by atoms with Crippen LogP contribution in [0.15, 0.2) is 24.5 Å². The van der Waals surface area contributed by atoms with Gasteiger partial charge in [0.05, 0.1) is 6.61 Å². The molecule has 5 nitrogen and oxygen atoms in total. The SMILES string of the molecule is CC1CN(Cc2cccnc2)C(=O)C(CO)N(C)C1. The fraction of sp³-hybridized carbons (Fsp3) is 0.571. The molecule has 1 N–H and O–H groups in total. The van der Waals surface area contributed by atoms with Crippen molar-refractivity contribution in [3.63, 3.8) is 0 Å². The summed E-state index contributed by atoms with van der Waals surface area (Å²) < 4.78 is 0. The molecule has 0 spiro atoms. The minimum absolute atomic E-state index is 0.00166. The van der Waals surface area contributed by atoms with Crippen LogP contribution in [-0.2, 0) is 11.3 Å². The average Bonchev–Trinajstić information content (AvgIpc) is 2.48. The number of amides is 1. The van der Waals surface area contributed by atoms with Gasteiger partial charge in [-0.25, -0.2) is 0 Å². The van der Waals surface area contributed by atoms with Gasteiger partial charge in [-0.05, 0) is 24.6 Å². The van der Waals surface area contributed by atoms with Crippen LogP contribution in [0.5, 0.6) is 0 Å². The Kier molecular flexibility index (Phi) is 4.50. The molecule has 1 aromatic rings. The number of likely N-dealkylation sites (N-methyl/N-ethyl adjacent to an activating group) is 1. The predicted molar refractivity (Wildman–Crippen MR) is 72.3 cm³/mol. The number of aliphatic hydroxyl groups excluding tert-OH is 1. The van der Waals surface area contributed by atoms with E-state index in [1.807, 2.05) is 29.0 Å². The van der Waals surface area contributed by atoms with Crippen LogP contribution in [0.25, 0.3) is 0 Å². The number of aliphatic hydroxyl groups is 1. The fourth-order valence-corrected chi connectivity index (χ4v) is 2.61. The third-order valence-corrected chi connectivity index (χ3v) is 3.53. The van der Waals surface area contributed by atoms with E-state index in [9.17, 15) is 9.90 Å². The van der Waals surface area contributed by atoms with Crippen LogP contribution in [0, 0.1) is 5.92 Å². The molecule has 0 saturated carbocycles. The molecule has 1 fully saturated rings. The monoisotopic (exact) mass is 263 g/mol. The summed E-state index contributed by atoms with van der Waals surface area (Å²) in [6.07, 6.45) is 3.50. The molecule has 0 radical (unpaired) electrons. The Morgan fingerprint density at radius 2 is 2.26 bits per heavy atom. The maximum absolute atomic E-state index is 12.4. The highest BCUT2D eigenvalue weighted by atomic mass is 16.3. The van der Waals surface area contributed by atoms with Crippen molar-refractivity contribution in [1.29, 1.82) is 0 Å². The molecular formula is C14H21N3O2. The van der Waals surface area contributed by atoms with Gasteiger partial charge in [0.25, 0.3) is 0 Å². The summed E-state index contributed by atoms with van der Waals surface area (Å²) in [5.41, 5.74) is 1.02. The Balaban J connectivity index is 2.15. The van der Waals surface area contributed by atoms with Crippen LogP contribution in [0.2, 0.25) is 0 Å². The van der Waals surface area contributed by atoms with Crippen molar-refractivity contribution in [3.05, 3.63) is 30.1 Å². The van der Waals surface area contributed by atoms with Gasteiger partial charge in [-0.15, -0.1) is 0 Å². The first-order valence-electron chi connectivity index (χ1n) is 6.60. The van der Waals surface area contributed by atoms with Gasteiger partial charge in [-0.2, -0.15) is 0 Å². The molecule has 2 atom stereocenters. The molecule has 2 rings (SSSR count). The minimum Gasteiger partial charge on any atom is -0.394 e. The van der Waals surface area contributed by atoms with Gasteiger partial charge in [0, 0.05) is 32.0 Å². The molecule has 1 aliphatic heterocycles. The van der Waals surface area contributed by atoms with Crippen molar-refractivity contribution in [3.8, 4) is 0 Å². The van der Waals surface area contributed by atoms with Crippen LogP contribution >= 0.6 is 0 Å². The molecular weight excluding hydrogens is 242 g/mol. The fourth-order valence-electron chi connectivity index (χ4n) is 2.61. The van der Waals surface area contributed by atoms with Gasteiger partial charge in [0.15, 0.2) is 0 Å². The van der Waals surface area contributed by atoms with Crippen molar-refractivity contribution in [2.45, 2.75) is 19.5 Å². The van der Waals surface area contributed by atoms with Crippen molar-refractivity contribution in [2.75, 3.05) is 26.7 Å². The lowest BCUT2D eigenvalue weighted by molar-refractivity contribution is -0.137. The average molecular weight is 263 g/mol. The van der Waals surface area contributed by atoms with E-state index in [1.54, 1.807) is 12.4 Å². The third kappa shape index (κ3) is 3.30. The number of carbonyl (C=O) groups is 1. The van der Waals surface area contributed by atoms with E-state index in [0.717, 1.165) is 12.1 Å². The van der Waals surface area contributed by atoms with Gasteiger partial charge in [-0.3, -0.25) is 14.7 Å². The normalized spacial score (nSPS) is 25.4. The second-order valence-electron chi connectivity index (χ2n) is 5.32. The van der Waals surface area contributed by atoms with Gasteiger partial charge in [0.2, 0.25) is 5.91 Å². The van der Waals surface area contributed by atoms with E-state index in [2.05, 4.69) is 11.9 Å². The Hall–Kier alpha value is -1.46. The Labute approximate surface area is 113 Å². The zero-order valence-electron chi connectivity index (χ0n) is 11.5. The van der Waals surface area contributed by atoms with Gasteiger partial charge in [-0.1, -0.05) is 13.0 Å². The zero-order valence-corrected chi connectivity index (χ0v) is 11.5. The number of rotatable bonds is 3. The molecule has 1 aromatic heterocycles. The summed E-state index contributed by atoms with van der Waals surface area (Å²) in [6, 6.07) is 3.41. The van der Waals surface area contributed by atoms with Crippen LogP contribution in [0.3, 0.4) is 0 Å². The molecule has 2 heterocycles. The highest BCUT2D eigenvalue weighted by Crippen LogP contribution is 2.16. The quantitative estimate of drug-likeness (QED) is 0.855. The van der Waals surface area contributed by atoms with Crippen molar-refractivity contribution in [1.82, 2.24) is 14.8 Å². The number of aromatic nitrogens is 1. The number of nitrogens with zero attached hydrogens (tertiary/aromatic N) is 3. The maximum Gasteiger partial charge on any atom is 0.242 e. The van der Waals surface area contributed by atoms with E-state index in [4.69, 9.17) is 0 Å². The lowest BCUT2D eigenvalue weighted by atomic mass is 10.1. The van der Waals surface area contributed by atoms with E-state index in [0.29, 0.717) is 19.0 Å². The van der Waals surface area contributed by atoms with Crippen LogP contribution in [0.4, 0.5) is 0 Å². The zero-order chi connectivity index (χ0) is 13.8. The second-order valence-corrected chi connectivity index (χ2v) is 5.32. The van der Waals surface area contributed by atoms with E-state index in [-0.39, 0.29) is 12.5 Å². The van der Waals surface area contributed by atoms with Crippen molar-refractivity contribution < 1.29 is 9.90 Å². The predicted octanol–water partition coefficient (Wildman–Crippen LogP) is 0.353. The molecule has 0 aromatic carbocycles. The molecule has 1 saturated heterocycles. The van der Waals surface area contributed by atoms with Gasteiger partial charge >= 0.3 is 0 Å². The second kappa shape index (κ2) is 6.12. The molecule has 0 bridgehead atoms. The largest absolute Gasteiger partial charge is 0.394 e. The lowest BCUT2D eigenvalue weighted by Crippen LogP contribution is -2.46. The van der Waals surface area contributed by atoms with Gasteiger partial charge < -0.3 is 10.0 Å². The highest BCUT2D eigenvalue weighted by Gasteiger charge is 2.32. The first-order valence-corrected chi connectivity index (χ1v) is 6.60. The number of carbonyl (C=O) groups excluding carboxylic acids is 1. The Bertz CT molecular complexity index is 424. The summed E-state index contributed by atoms with van der Waals surface area (Å²) >= 11 is 0. The van der Waals surface area contributed by atoms with Crippen LogP contribution < -0.4 is 0 Å². The Morgan fingerprint density at radius 3 is 2.89 bits per heavy atom. The van der Waals surface area contributed by atoms with Gasteiger partial charge in [0.1, 0.15) is 6.04 Å². The van der Waals surface area contributed by atoms with Crippen molar-refractivity contribution >= 4 is 5.91 Å². The molecule has 104 valence electrons. The molecule has 0 aliphatic carbocycles. The van der Waals surface area contributed by atoms with Crippen LogP contribution in [-0.4, -0.2) is 58.6 Å². The van der Waals surface area contributed by atoms with E-state index < -0.39 is 6.04 Å². The molecule has 5 heteroatoms. The highest BCUT2D eigenvalue weighted by molar-refractivity contribution is 5.82. The molecule has 1 aliphatic rings. The standard InChI is InChI=1S/C14H21N3O2/c1-11-7-16(2)13(10-18)14(19)17(8-11)9-12-4-3-5-15-6-12/h3-6,11,13,18H,7-10H2,1-2H3. The maximum atomic E-state index is 12.4. The number of hydrogen-bond donors (Lipinski definition) is 1. The molecule has 2 unspecified atom stereocenters. The topological polar surface area (TPSA) is 56.7 Å². The summed E-state index contributed by atoms with van der Waals surface area (Å²) in [5, 5.41) is 9.43. The molecule has 19 heavy (non-hydrogen) atoms. The number of pyridine rings is 1. The van der Waals surface area contributed by atoms with E-state index in [1.165, 1.54) is 0 Å². The van der Waals surface area contributed by atoms with E-state index >= 15 is 0 Å². The van der Waals surface area contributed by atoms with Crippen molar-refractivity contribution in [2.24, 2.45) is 5.92 Å². The summed E-state index contributed by atoms with van der Waals surface area (Å²) in [5.74, 6) is 0.389. The molecule has 1 amide bonds. The Morgan fingerprint density at radius 1 is 1.47 bits per heavy atom. The summed E-state index contributed by atoms with van der Waals surface area (Å²) in [7, 11) is 1.89. The lowest BCUT2D eigenvalue weighted by Gasteiger charge is -2.26. The summed E-state index contributed by atoms with van der Waals surface area (Å²) in [4.78, 5) is 20.3. The number of hydrogen-bond acceptors (Lipinski definition) is 4.